The van der Waals surface area contributed by atoms with Crippen LogP contribution >= 0.6 is 23.1 Å². The van der Waals surface area contributed by atoms with E-state index in [1.807, 2.05) is 24.2 Å². The van der Waals surface area contributed by atoms with Gasteiger partial charge in [0.25, 0.3) is 0 Å². The molecule has 0 saturated carbocycles. The largest absolute Gasteiger partial charge is 0.477 e. The van der Waals surface area contributed by atoms with Gasteiger partial charge in [-0.3, -0.25) is 4.68 Å². The number of thioether (sulfide) groups is 1. The first kappa shape index (κ1) is 11.8. The van der Waals surface area contributed by atoms with E-state index >= 15 is 0 Å². The number of rotatable bonds is 2. The van der Waals surface area contributed by atoms with Crippen molar-refractivity contribution >= 4 is 29.1 Å². The Hall–Kier alpha value is -1.27. The van der Waals surface area contributed by atoms with Crippen LogP contribution in [0.3, 0.4) is 0 Å². The van der Waals surface area contributed by atoms with Crippen LogP contribution in [-0.4, -0.2) is 27.1 Å². The third-order valence-corrected chi connectivity index (χ3v) is 5.48. The minimum absolute atomic E-state index is 0.477. The Morgan fingerprint density at radius 2 is 2.33 bits per heavy atom. The third kappa shape index (κ3) is 1.59. The molecule has 1 N–H and O–H groups in total. The summed E-state index contributed by atoms with van der Waals surface area (Å²) in [6.45, 7) is 0. The highest BCUT2D eigenvalue weighted by Crippen LogP contribution is 2.45. The van der Waals surface area contributed by atoms with Gasteiger partial charge in [-0.2, -0.15) is 5.10 Å². The van der Waals surface area contributed by atoms with Crippen molar-refractivity contribution in [3.8, 4) is 11.3 Å². The number of nitrogens with zero attached hydrogens (tertiary/aromatic N) is 2. The van der Waals surface area contributed by atoms with Gasteiger partial charge in [0, 0.05) is 18.8 Å². The molecule has 0 saturated heterocycles. The van der Waals surface area contributed by atoms with Gasteiger partial charge in [-0.25, -0.2) is 4.79 Å². The lowest BCUT2D eigenvalue weighted by molar-refractivity contribution is 0.0701. The van der Waals surface area contributed by atoms with Crippen LogP contribution in [0.15, 0.2) is 10.4 Å². The number of thiophene rings is 1. The zero-order valence-electron chi connectivity index (χ0n) is 10.1. The molecule has 4 nitrogen and oxygen atoms in total. The standard InChI is InChI=1S/C12H12N2O2S2/c1-14-5-6-3-4-7-8(9(6)13-14)12(17-2)18-10(7)11(15)16/h5H,3-4H2,1-2H3,(H,15,16). The molecule has 0 spiro atoms. The van der Waals surface area contributed by atoms with Crippen molar-refractivity contribution in [1.29, 1.82) is 0 Å². The smallest absolute Gasteiger partial charge is 0.346 e. The van der Waals surface area contributed by atoms with E-state index in [-0.39, 0.29) is 0 Å². The van der Waals surface area contributed by atoms with E-state index in [1.165, 1.54) is 16.9 Å². The second-order valence-electron chi connectivity index (χ2n) is 4.26. The number of fused-ring (bicyclic) bond motifs is 3. The number of hydrogen-bond donors (Lipinski definition) is 1. The molecule has 0 atom stereocenters. The van der Waals surface area contributed by atoms with E-state index in [2.05, 4.69) is 5.10 Å². The average molecular weight is 280 g/mol. The Morgan fingerprint density at radius 3 is 3.00 bits per heavy atom. The number of carboxylic acid groups (broad SMARTS) is 1. The van der Waals surface area contributed by atoms with E-state index in [0.717, 1.165) is 33.9 Å². The molecule has 1 aliphatic rings. The monoisotopic (exact) mass is 280 g/mol. The molecule has 2 aromatic heterocycles. The minimum Gasteiger partial charge on any atom is -0.477 e. The van der Waals surface area contributed by atoms with Crippen molar-refractivity contribution in [3.63, 3.8) is 0 Å². The van der Waals surface area contributed by atoms with E-state index in [1.54, 1.807) is 11.8 Å². The first-order valence-electron chi connectivity index (χ1n) is 5.57. The Balaban J connectivity index is 2.29. The maximum Gasteiger partial charge on any atom is 0.346 e. The fourth-order valence-corrected chi connectivity index (χ4v) is 4.36. The van der Waals surface area contributed by atoms with Crippen molar-refractivity contribution < 1.29 is 9.90 Å². The summed E-state index contributed by atoms with van der Waals surface area (Å²) < 4.78 is 2.86. The molecular formula is C12H12N2O2S2. The molecule has 3 rings (SSSR count). The molecule has 0 amide bonds. The third-order valence-electron chi connectivity index (χ3n) is 3.14. The summed E-state index contributed by atoms with van der Waals surface area (Å²) in [7, 11) is 1.90. The van der Waals surface area contributed by atoms with Crippen LogP contribution in [0.5, 0.6) is 0 Å². The second kappa shape index (κ2) is 4.13. The number of carboxylic acids is 1. The predicted molar refractivity (Wildman–Crippen MR) is 72.7 cm³/mol. The SMILES string of the molecule is CSc1sc(C(=O)O)c2c1-c1nn(C)cc1CC2. The first-order valence-corrected chi connectivity index (χ1v) is 7.61. The highest BCUT2D eigenvalue weighted by molar-refractivity contribution is 8.00. The Kier molecular flexibility index (Phi) is 2.71. The summed E-state index contributed by atoms with van der Waals surface area (Å²) in [5.74, 6) is -0.823. The molecule has 1 aliphatic carbocycles. The zero-order valence-corrected chi connectivity index (χ0v) is 11.7. The average Bonchev–Trinajstić information content (AvgIpc) is 2.87. The van der Waals surface area contributed by atoms with Gasteiger partial charge < -0.3 is 5.11 Å². The van der Waals surface area contributed by atoms with Crippen LogP contribution < -0.4 is 0 Å². The summed E-state index contributed by atoms with van der Waals surface area (Å²) in [4.78, 5) is 11.8. The molecule has 0 aromatic carbocycles. The van der Waals surface area contributed by atoms with E-state index < -0.39 is 5.97 Å². The highest BCUT2D eigenvalue weighted by atomic mass is 32.2. The van der Waals surface area contributed by atoms with Crippen LogP contribution in [-0.2, 0) is 19.9 Å². The van der Waals surface area contributed by atoms with Gasteiger partial charge in [0.1, 0.15) is 4.88 Å². The lowest BCUT2D eigenvalue weighted by Gasteiger charge is -2.12. The molecule has 0 unspecified atom stereocenters. The maximum absolute atomic E-state index is 11.3. The van der Waals surface area contributed by atoms with E-state index in [4.69, 9.17) is 0 Å². The molecule has 94 valence electrons. The van der Waals surface area contributed by atoms with E-state index in [9.17, 15) is 9.90 Å². The first-order chi connectivity index (χ1) is 8.61. The second-order valence-corrected chi connectivity index (χ2v) is 6.35. The molecule has 2 aromatic rings. The van der Waals surface area contributed by atoms with Crippen molar-refractivity contribution in [2.24, 2.45) is 7.05 Å². The maximum atomic E-state index is 11.3. The fraction of sp³-hybridized carbons (Fsp3) is 0.333. The quantitative estimate of drug-likeness (QED) is 0.859. The van der Waals surface area contributed by atoms with Crippen molar-refractivity contribution in [2.45, 2.75) is 17.1 Å². The summed E-state index contributed by atoms with van der Waals surface area (Å²) in [6.07, 6.45) is 5.68. The van der Waals surface area contributed by atoms with Gasteiger partial charge in [0.05, 0.1) is 9.90 Å². The Labute approximate surface area is 113 Å². The number of aromatic nitrogens is 2. The number of hydrogen-bond acceptors (Lipinski definition) is 4. The van der Waals surface area contributed by atoms with Crippen LogP contribution in [0, 0.1) is 0 Å². The van der Waals surface area contributed by atoms with Gasteiger partial charge in [-0.1, -0.05) is 0 Å². The zero-order chi connectivity index (χ0) is 12.9. The Morgan fingerprint density at radius 1 is 1.56 bits per heavy atom. The van der Waals surface area contributed by atoms with Crippen LogP contribution in [0.2, 0.25) is 0 Å². The van der Waals surface area contributed by atoms with Crippen molar-refractivity contribution in [3.05, 3.63) is 22.2 Å². The predicted octanol–water partition coefficient (Wildman–Crippen LogP) is 2.67. The molecular weight excluding hydrogens is 268 g/mol. The van der Waals surface area contributed by atoms with Gasteiger partial charge in [-0.15, -0.1) is 23.1 Å². The number of aryl methyl sites for hydroxylation is 2. The minimum atomic E-state index is -0.823. The lowest BCUT2D eigenvalue weighted by Crippen LogP contribution is -2.05. The highest BCUT2D eigenvalue weighted by Gasteiger charge is 2.29. The molecule has 0 aliphatic heterocycles. The molecule has 0 fully saturated rings. The van der Waals surface area contributed by atoms with Crippen LogP contribution in [0.4, 0.5) is 0 Å². The topological polar surface area (TPSA) is 55.1 Å². The fourth-order valence-electron chi connectivity index (χ4n) is 2.43. The number of carbonyl (C=O) groups is 1. The number of aromatic carboxylic acids is 1. The summed E-state index contributed by atoms with van der Waals surface area (Å²) in [6, 6.07) is 0. The van der Waals surface area contributed by atoms with Crippen molar-refractivity contribution in [1.82, 2.24) is 9.78 Å². The van der Waals surface area contributed by atoms with Crippen LogP contribution in [0.25, 0.3) is 11.3 Å². The normalized spacial score (nSPS) is 13.2. The van der Waals surface area contributed by atoms with Crippen molar-refractivity contribution in [2.75, 3.05) is 6.26 Å². The van der Waals surface area contributed by atoms with Gasteiger partial charge in [0.2, 0.25) is 0 Å². The van der Waals surface area contributed by atoms with Gasteiger partial charge in [-0.05, 0) is 30.2 Å². The van der Waals surface area contributed by atoms with Gasteiger partial charge >= 0.3 is 5.97 Å². The Bertz CT molecular complexity index is 643. The molecule has 6 heteroatoms. The van der Waals surface area contributed by atoms with E-state index in [0.29, 0.717) is 4.88 Å². The van der Waals surface area contributed by atoms with Gasteiger partial charge in [0.15, 0.2) is 0 Å². The molecule has 18 heavy (non-hydrogen) atoms. The van der Waals surface area contributed by atoms with Crippen LogP contribution in [0.1, 0.15) is 20.8 Å². The molecule has 2 heterocycles. The lowest BCUT2D eigenvalue weighted by atomic mass is 9.92. The molecule has 0 radical (unpaired) electrons. The summed E-state index contributed by atoms with van der Waals surface area (Å²) >= 11 is 2.97. The summed E-state index contributed by atoms with van der Waals surface area (Å²) in [5, 5.41) is 13.8. The molecule has 0 bridgehead atoms. The summed E-state index contributed by atoms with van der Waals surface area (Å²) in [5.41, 5.74) is 4.19.